The molecule has 0 amide bonds. The molecule has 2 aliphatic heterocycles. The molecular weight excluding hydrogens is 312 g/mol. The molecule has 6 atom stereocenters. The highest BCUT2D eigenvalue weighted by molar-refractivity contribution is 9.09. The number of rotatable bonds is 0. The largest absolute Gasteiger partial charge is 0.490 e. The van der Waals surface area contributed by atoms with Gasteiger partial charge in [0, 0.05) is 12.3 Å². The van der Waals surface area contributed by atoms with Gasteiger partial charge in [-0.15, -0.1) is 0 Å². The van der Waals surface area contributed by atoms with Crippen LogP contribution in [0, 0.1) is 29.1 Å². The van der Waals surface area contributed by atoms with Crippen LogP contribution in [0.1, 0.15) is 59.3 Å². The third-order valence-electron chi connectivity index (χ3n) is 7.06. The van der Waals surface area contributed by atoms with Crippen LogP contribution in [-0.2, 0) is 4.74 Å². The highest BCUT2D eigenvalue weighted by atomic mass is 79.9. The Morgan fingerprint density at radius 1 is 1.25 bits per heavy atom. The van der Waals surface area contributed by atoms with Gasteiger partial charge in [0.1, 0.15) is 5.60 Å². The third-order valence-corrected chi connectivity index (χ3v) is 8.23. The van der Waals surface area contributed by atoms with Crippen LogP contribution in [0.4, 0.5) is 0 Å². The van der Waals surface area contributed by atoms with Crippen molar-refractivity contribution in [2.45, 2.75) is 69.7 Å². The average Bonchev–Trinajstić information content (AvgIpc) is 2.95. The summed E-state index contributed by atoms with van der Waals surface area (Å²) in [6, 6.07) is 0. The zero-order valence-electron chi connectivity index (χ0n) is 13.0. The molecule has 2 bridgehead atoms. The first kappa shape index (κ1) is 13.7. The minimum absolute atomic E-state index is 0.0828. The lowest BCUT2D eigenvalue weighted by Gasteiger charge is -2.54. The van der Waals surface area contributed by atoms with Crippen molar-refractivity contribution in [3.05, 3.63) is 11.8 Å². The van der Waals surface area contributed by atoms with Gasteiger partial charge in [-0.1, -0.05) is 43.1 Å². The van der Waals surface area contributed by atoms with Crippen molar-refractivity contribution in [2.75, 3.05) is 0 Å². The molecule has 4 aliphatic rings. The Kier molecular flexibility index (Phi) is 2.92. The van der Waals surface area contributed by atoms with Crippen molar-refractivity contribution in [3.8, 4) is 0 Å². The molecule has 0 aromatic heterocycles. The fourth-order valence-electron chi connectivity index (χ4n) is 5.89. The van der Waals surface area contributed by atoms with Gasteiger partial charge in [0.25, 0.3) is 0 Å². The Hall–Kier alpha value is 0.0200. The Labute approximate surface area is 131 Å². The van der Waals surface area contributed by atoms with Gasteiger partial charge in [0.15, 0.2) is 0 Å². The predicted molar refractivity (Wildman–Crippen MR) is 85.7 cm³/mol. The van der Waals surface area contributed by atoms with E-state index in [2.05, 4.69) is 42.8 Å². The van der Waals surface area contributed by atoms with E-state index in [0.29, 0.717) is 16.2 Å². The summed E-state index contributed by atoms with van der Waals surface area (Å²) in [5, 5.41) is 0. The second-order valence-corrected chi connectivity index (χ2v) is 9.38. The lowest BCUT2D eigenvalue weighted by Crippen LogP contribution is -2.58. The van der Waals surface area contributed by atoms with E-state index in [0.717, 1.165) is 17.8 Å². The molecular formula is C18H27BrO. The summed E-state index contributed by atoms with van der Waals surface area (Å²) in [4.78, 5) is 0.538. The predicted octanol–water partition coefficient (Wildman–Crippen LogP) is 5.30. The van der Waals surface area contributed by atoms with Crippen LogP contribution in [0.5, 0.6) is 0 Å². The number of allylic oxidation sites excluding steroid dienone is 2. The minimum Gasteiger partial charge on any atom is -0.490 e. The maximum Gasteiger partial charge on any atom is 0.127 e. The SMILES string of the molecule is C[C@@H]1C[C@H]2[C@@H]([C@@H]3CC=C4CCCC[C@H](Br)[C@@]13O4)C2(C)C. The van der Waals surface area contributed by atoms with Crippen molar-refractivity contribution in [3.63, 3.8) is 0 Å². The van der Waals surface area contributed by atoms with Crippen molar-refractivity contribution in [1.29, 1.82) is 0 Å². The van der Waals surface area contributed by atoms with Crippen molar-refractivity contribution >= 4 is 15.9 Å². The summed E-state index contributed by atoms with van der Waals surface area (Å²) in [6.07, 6.45) is 10.1. The molecule has 2 aliphatic carbocycles. The number of alkyl halides is 1. The Balaban J connectivity index is 1.78. The van der Waals surface area contributed by atoms with E-state index < -0.39 is 0 Å². The molecule has 3 fully saturated rings. The van der Waals surface area contributed by atoms with Crippen molar-refractivity contribution in [2.24, 2.45) is 29.1 Å². The maximum atomic E-state index is 6.75. The quantitative estimate of drug-likeness (QED) is 0.545. The van der Waals surface area contributed by atoms with Crippen LogP contribution in [0.2, 0.25) is 0 Å². The zero-order valence-corrected chi connectivity index (χ0v) is 14.6. The van der Waals surface area contributed by atoms with Crippen LogP contribution in [-0.4, -0.2) is 10.4 Å². The molecule has 112 valence electrons. The van der Waals surface area contributed by atoms with Gasteiger partial charge in [0.05, 0.1) is 10.6 Å². The fraction of sp³-hybridized carbons (Fsp3) is 0.889. The van der Waals surface area contributed by atoms with Gasteiger partial charge in [-0.05, 0) is 54.9 Å². The molecule has 0 unspecified atom stereocenters. The normalized spacial score (nSPS) is 52.6. The van der Waals surface area contributed by atoms with Crippen LogP contribution in [0.3, 0.4) is 0 Å². The van der Waals surface area contributed by atoms with Gasteiger partial charge in [-0.2, -0.15) is 0 Å². The minimum atomic E-state index is 0.0828. The van der Waals surface area contributed by atoms with Gasteiger partial charge < -0.3 is 4.74 Å². The fourth-order valence-corrected chi connectivity index (χ4v) is 7.10. The molecule has 2 heterocycles. The molecule has 1 spiro atoms. The summed E-state index contributed by atoms with van der Waals surface area (Å²) in [5.74, 6) is 4.54. The summed E-state index contributed by atoms with van der Waals surface area (Å²) in [5.41, 5.74) is 0.631. The number of ether oxygens (including phenoxy) is 1. The zero-order chi connectivity index (χ0) is 14.1. The first-order valence-corrected chi connectivity index (χ1v) is 9.41. The molecule has 20 heavy (non-hydrogen) atoms. The molecule has 1 saturated heterocycles. The first-order chi connectivity index (χ1) is 9.48. The summed E-state index contributed by atoms with van der Waals surface area (Å²) >= 11 is 4.07. The van der Waals surface area contributed by atoms with Crippen LogP contribution in [0.25, 0.3) is 0 Å². The van der Waals surface area contributed by atoms with Gasteiger partial charge in [-0.25, -0.2) is 0 Å². The van der Waals surface area contributed by atoms with Crippen molar-refractivity contribution < 1.29 is 4.74 Å². The second-order valence-electron chi connectivity index (χ2n) is 8.27. The van der Waals surface area contributed by atoms with E-state index in [4.69, 9.17) is 4.74 Å². The Morgan fingerprint density at radius 2 is 2.05 bits per heavy atom. The lowest BCUT2D eigenvalue weighted by molar-refractivity contribution is -0.130. The van der Waals surface area contributed by atoms with E-state index >= 15 is 0 Å². The Morgan fingerprint density at radius 3 is 2.85 bits per heavy atom. The first-order valence-electron chi connectivity index (χ1n) is 8.50. The molecule has 0 radical (unpaired) electrons. The Bertz CT molecular complexity index is 454. The molecule has 1 nitrogen and oxygen atoms in total. The van der Waals surface area contributed by atoms with E-state index in [1.54, 1.807) is 0 Å². The number of halogens is 1. The van der Waals surface area contributed by atoms with Gasteiger partial charge >= 0.3 is 0 Å². The van der Waals surface area contributed by atoms with E-state index in [-0.39, 0.29) is 5.60 Å². The van der Waals surface area contributed by atoms with Crippen molar-refractivity contribution in [1.82, 2.24) is 0 Å². The molecule has 2 saturated carbocycles. The molecule has 0 aromatic rings. The maximum absolute atomic E-state index is 6.75. The summed E-state index contributed by atoms with van der Waals surface area (Å²) in [6.45, 7) is 7.43. The summed E-state index contributed by atoms with van der Waals surface area (Å²) < 4.78 is 6.75. The topological polar surface area (TPSA) is 9.23 Å². The van der Waals surface area contributed by atoms with E-state index in [1.165, 1.54) is 44.3 Å². The van der Waals surface area contributed by atoms with E-state index in [9.17, 15) is 0 Å². The highest BCUT2D eigenvalue weighted by Gasteiger charge is 2.71. The lowest BCUT2D eigenvalue weighted by atomic mass is 9.63. The molecule has 2 heteroatoms. The van der Waals surface area contributed by atoms with Crippen LogP contribution >= 0.6 is 15.9 Å². The standard InChI is InChI=1S/C18H27BrO/c1-11-10-14-16(17(14,2)3)13-9-8-12-6-4-5-7-15(19)18(11,13)20-12/h8,11,13-16H,4-7,9-10H2,1-3H3/t11-,13+,14+,15+,16-,18-/m1/s1. The average molecular weight is 339 g/mol. The van der Waals surface area contributed by atoms with Gasteiger partial charge in [-0.3, -0.25) is 0 Å². The molecule has 0 N–H and O–H groups in total. The summed E-state index contributed by atoms with van der Waals surface area (Å²) in [7, 11) is 0. The molecule has 0 aromatic carbocycles. The second kappa shape index (κ2) is 4.27. The number of hydrogen-bond acceptors (Lipinski definition) is 1. The van der Waals surface area contributed by atoms with E-state index in [1.807, 2.05) is 0 Å². The monoisotopic (exact) mass is 338 g/mol. The highest BCUT2D eigenvalue weighted by Crippen LogP contribution is 2.73. The molecule has 4 rings (SSSR count). The van der Waals surface area contributed by atoms with Gasteiger partial charge in [0.2, 0.25) is 0 Å². The number of hydrogen-bond donors (Lipinski definition) is 0. The number of fused-ring (bicyclic) bond motifs is 3. The smallest absolute Gasteiger partial charge is 0.127 e. The van der Waals surface area contributed by atoms with Crippen LogP contribution < -0.4 is 0 Å². The third kappa shape index (κ3) is 1.61. The van der Waals surface area contributed by atoms with Crippen LogP contribution in [0.15, 0.2) is 11.8 Å².